The molecule has 0 atom stereocenters. The van der Waals surface area contributed by atoms with Crippen LogP contribution in [0.4, 0.5) is 0 Å². The molecule has 2 N–H and O–H groups in total. The smallest absolute Gasteiger partial charge is 0.213 e. The Labute approximate surface area is 175 Å². The second-order valence-corrected chi connectivity index (χ2v) is 6.43. The van der Waals surface area contributed by atoms with Gasteiger partial charge in [0.25, 0.3) is 0 Å². The van der Waals surface area contributed by atoms with Gasteiger partial charge < -0.3 is 15.4 Å². The summed E-state index contributed by atoms with van der Waals surface area (Å²) in [6.45, 7) is 1.39. The Balaban J connectivity index is 0.00000312. The molecule has 1 aromatic heterocycles. The van der Waals surface area contributed by atoms with Crippen LogP contribution in [-0.4, -0.2) is 37.4 Å². The lowest BCUT2D eigenvalue weighted by molar-refractivity contribution is 0.396. The predicted octanol–water partition coefficient (Wildman–Crippen LogP) is 3.82. The molecular formula is C17H22ClIN4OS. The van der Waals surface area contributed by atoms with Crippen LogP contribution in [0.15, 0.2) is 52.4 Å². The third-order valence-electron chi connectivity index (χ3n) is 3.13. The summed E-state index contributed by atoms with van der Waals surface area (Å²) in [5, 5.41) is 7.28. The zero-order valence-corrected chi connectivity index (χ0v) is 18.1. The number of nitrogens with zero attached hydrogens (tertiary/aromatic N) is 2. The van der Waals surface area contributed by atoms with Gasteiger partial charge in [0.05, 0.1) is 19.3 Å². The molecule has 0 amide bonds. The fourth-order valence-corrected chi connectivity index (χ4v) is 2.83. The zero-order chi connectivity index (χ0) is 17.2. The van der Waals surface area contributed by atoms with E-state index in [0.29, 0.717) is 12.4 Å². The Hall–Kier alpha value is -1.19. The number of rotatable bonds is 7. The number of nitrogens with one attached hydrogen (secondary N) is 2. The van der Waals surface area contributed by atoms with Crippen molar-refractivity contribution in [1.29, 1.82) is 0 Å². The van der Waals surface area contributed by atoms with E-state index in [1.165, 1.54) is 4.90 Å². The van der Waals surface area contributed by atoms with Crippen LogP contribution in [0.2, 0.25) is 5.02 Å². The highest BCUT2D eigenvalue weighted by Gasteiger charge is 2.01. The molecule has 2 rings (SSSR count). The van der Waals surface area contributed by atoms with E-state index in [4.69, 9.17) is 16.3 Å². The minimum atomic E-state index is 0. The van der Waals surface area contributed by atoms with Crippen molar-refractivity contribution in [2.75, 3.05) is 26.5 Å². The highest BCUT2D eigenvalue weighted by molar-refractivity contribution is 14.0. The summed E-state index contributed by atoms with van der Waals surface area (Å²) in [5.74, 6) is 2.28. The van der Waals surface area contributed by atoms with Crippen LogP contribution >= 0.6 is 47.3 Å². The summed E-state index contributed by atoms with van der Waals surface area (Å²) >= 11 is 7.65. The Morgan fingerprint density at radius 3 is 2.64 bits per heavy atom. The maximum absolute atomic E-state index is 5.88. The number of thioether (sulfide) groups is 1. The van der Waals surface area contributed by atoms with Crippen molar-refractivity contribution in [3.05, 3.63) is 53.2 Å². The zero-order valence-electron chi connectivity index (χ0n) is 14.2. The monoisotopic (exact) mass is 492 g/mol. The SMILES string of the molecule is CN=C(NCCSc1ccc(Cl)cc1)NCc1cccc(OC)n1.I. The largest absolute Gasteiger partial charge is 0.481 e. The van der Waals surface area contributed by atoms with Gasteiger partial charge in [-0.1, -0.05) is 17.7 Å². The van der Waals surface area contributed by atoms with Crippen LogP contribution in [0.1, 0.15) is 5.69 Å². The molecule has 0 aliphatic heterocycles. The van der Waals surface area contributed by atoms with Gasteiger partial charge in [0, 0.05) is 35.3 Å². The van der Waals surface area contributed by atoms with Gasteiger partial charge in [-0.05, 0) is 30.3 Å². The Morgan fingerprint density at radius 2 is 1.96 bits per heavy atom. The number of halogens is 2. The van der Waals surface area contributed by atoms with Crippen molar-refractivity contribution in [3.8, 4) is 5.88 Å². The van der Waals surface area contributed by atoms with E-state index < -0.39 is 0 Å². The maximum atomic E-state index is 5.88. The number of hydrogen-bond acceptors (Lipinski definition) is 4. The molecule has 0 saturated carbocycles. The number of methoxy groups -OCH3 is 1. The van der Waals surface area contributed by atoms with Crippen LogP contribution in [0, 0.1) is 0 Å². The number of pyridine rings is 1. The van der Waals surface area contributed by atoms with Crippen LogP contribution < -0.4 is 15.4 Å². The molecule has 5 nitrogen and oxygen atoms in total. The van der Waals surface area contributed by atoms with Crippen molar-refractivity contribution in [2.45, 2.75) is 11.4 Å². The molecule has 0 radical (unpaired) electrons. The van der Waals surface area contributed by atoms with Gasteiger partial charge in [0.15, 0.2) is 5.96 Å². The fraction of sp³-hybridized carbons (Fsp3) is 0.294. The van der Waals surface area contributed by atoms with Gasteiger partial charge in [0.2, 0.25) is 5.88 Å². The molecule has 0 fully saturated rings. The second-order valence-electron chi connectivity index (χ2n) is 4.83. The molecule has 136 valence electrons. The van der Waals surface area contributed by atoms with E-state index >= 15 is 0 Å². The van der Waals surface area contributed by atoms with Gasteiger partial charge in [-0.2, -0.15) is 0 Å². The molecule has 1 heterocycles. The van der Waals surface area contributed by atoms with Gasteiger partial charge >= 0.3 is 0 Å². The lowest BCUT2D eigenvalue weighted by atomic mass is 10.3. The van der Waals surface area contributed by atoms with Crippen molar-refractivity contribution >= 4 is 53.3 Å². The van der Waals surface area contributed by atoms with Gasteiger partial charge in [-0.25, -0.2) is 4.98 Å². The summed E-state index contributed by atoms with van der Waals surface area (Å²) < 4.78 is 5.12. The van der Waals surface area contributed by atoms with E-state index in [-0.39, 0.29) is 24.0 Å². The fourth-order valence-electron chi connectivity index (χ4n) is 1.93. The third-order valence-corrected chi connectivity index (χ3v) is 4.39. The Kier molecular flexibility index (Phi) is 10.7. The number of aromatic nitrogens is 1. The minimum absolute atomic E-state index is 0. The first kappa shape index (κ1) is 21.9. The molecule has 0 spiro atoms. The summed E-state index contributed by atoms with van der Waals surface area (Å²) in [6, 6.07) is 13.5. The first-order valence-electron chi connectivity index (χ1n) is 7.54. The molecule has 0 bridgehead atoms. The molecular weight excluding hydrogens is 471 g/mol. The Bertz CT molecular complexity index is 670. The molecule has 25 heavy (non-hydrogen) atoms. The van der Waals surface area contributed by atoms with Gasteiger partial charge in [0.1, 0.15) is 0 Å². The third kappa shape index (κ3) is 8.15. The average Bonchev–Trinajstić information content (AvgIpc) is 2.63. The van der Waals surface area contributed by atoms with Crippen molar-refractivity contribution in [3.63, 3.8) is 0 Å². The lowest BCUT2D eigenvalue weighted by Crippen LogP contribution is -2.38. The van der Waals surface area contributed by atoms with E-state index in [1.807, 2.05) is 42.5 Å². The number of benzene rings is 1. The number of hydrogen-bond donors (Lipinski definition) is 2. The number of aliphatic imine (C=N–C) groups is 1. The first-order chi connectivity index (χ1) is 11.7. The standard InChI is InChI=1S/C17H21ClN4OS.HI/c1-19-17(21-12-14-4-3-5-16(22-14)23-2)20-10-11-24-15-8-6-13(18)7-9-15;/h3-9H,10-12H2,1-2H3,(H2,19,20,21);1H. The molecule has 0 aliphatic carbocycles. The summed E-state index contributed by atoms with van der Waals surface area (Å²) in [4.78, 5) is 9.77. The molecule has 0 aliphatic rings. The van der Waals surface area contributed by atoms with E-state index in [2.05, 4.69) is 20.6 Å². The minimum Gasteiger partial charge on any atom is -0.481 e. The summed E-state index contributed by atoms with van der Waals surface area (Å²) in [5.41, 5.74) is 0.896. The maximum Gasteiger partial charge on any atom is 0.213 e. The highest BCUT2D eigenvalue weighted by atomic mass is 127. The van der Waals surface area contributed by atoms with Crippen LogP contribution in [0.25, 0.3) is 0 Å². The van der Waals surface area contributed by atoms with Crippen LogP contribution in [0.3, 0.4) is 0 Å². The normalized spacial score (nSPS) is 10.8. The van der Waals surface area contributed by atoms with E-state index in [1.54, 1.807) is 25.9 Å². The summed E-state index contributed by atoms with van der Waals surface area (Å²) in [7, 11) is 3.36. The number of ether oxygens (including phenoxy) is 1. The topological polar surface area (TPSA) is 58.5 Å². The van der Waals surface area contributed by atoms with Crippen LogP contribution in [-0.2, 0) is 6.54 Å². The molecule has 0 saturated heterocycles. The highest BCUT2D eigenvalue weighted by Crippen LogP contribution is 2.19. The first-order valence-corrected chi connectivity index (χ1v) is 8.90. The molecule has 2 aromatic rings. The summed E-state index contributed by atoms with van der Waals surface area (Å²) in [6.07, 6.45) is 0. The quantitative estimate of drug-likeness (QED) is 0.202. The van der Waals surface area contributed by atoms with Crippen molar-refractivity contribution in [2.24, 2.45) is 4.99 Å². The van der Waals surface area contributed by atoms with Crippen molar-refractivity contribution < 1.29 is 4.74 Å². The van der Waals surface area contributed by atoms with Gasteiger partial charge in [-0.3, -0.25) is 4.99 Å². The van der Waals surface area contributed by atoms with E-state index in [9.17, 15) is 0 Å². The van der Waals surface area contributed by atoms with Crippen molar-refractivity contribution in [1.82, 2.24) is 15.6 Å². The van der Waals surface area contributed by atoms with Gasteiger partial charge in [-0.15, -0.1) is 35.7 Å². The lowest BCUT2D eigenvalue weighted by Gasteiger charge is -2.12. The average molecular weight is 493 g/mol. The molecule has 1 aromatic carbocycles. The number of guanidine groups is 1. The predicted molar refractivity (Wildman–Crippen MR) is 117 cm³/mol. The van der Waals surface area contributed by atoms with Crippen LogP contribution in [0.5, 0.6) is 5.88 Å². The second kappa shape index (κ2) is 12.2. The molecule has 0 unspecified atom stereocenters. The molecule has 8 heteroatoms. The Morgan fingerprint density at radius 1 is 1.20 bits per heavy atom. The van der Waals surface area contributed by atoms with E-state index in [0.717, 1.165) is 29.0 Å².